The van der Waals surface area contributed by atoms with E-state index in [1.54, 1.807) is 0 Å². The van der Waals surface area contributed by atoms with Gasteiger partial charge in [0.25, 0.3) is 0 Å². The number of methoxy groups -OCH3 is 1. The molecule has 0 spiro atoms. The minimum Gasteiger partial charge on any atom is -0.481 e. The molecule has 3 aliphatic rings. The van der Waals surface area contributed by atoms with Gasteiger partial charge in [0.05, 0.1) is 18.4 Å². The number of ether oxygens (including phenoxy) is 1. The molecule has 3 aliphatic carbocycles. The Morgan fingerprint density at radius 3 is 2.38 bits per heavy atom. The summed E-state index contributed by atoms with van der Waals surface area (Å²) in [5, 5.41) is 8.83. The Morgan fingerprint density at radius 1 is 1.38 bits per heavy atom. The second-order valence-corrected chi connectivity index (χ2v) is 4.09. The molecule has 3 saturated carbocycles. The van der Waals surface area contributed by atoms with Crippen molar-refractivity contribution >= 4 is 11.9 Å². The van der Waals surface area contributed by atoms with E-state index in [0.29, 0.717) is 19.3 Å². The van der Waals surface area contributed by atoms with Gasteiger partial charge in [-0.1, -0.05) is 0 Å². The first kappa shape index (κ1) is 8.53. The first-order chi connectivity index (χ1) is 6.09. The van der Waals surface area contributed by atoms with Crippen LogP contribution in [-0.4, -0.2) is 24.2 Å². The Labute approximate surface area is 75.9 Å². The second kappa shape index (κ2) is 2.47. The standard InChI is InChI=1S/C9H12O4/c1-13-8(12)9-2-5(3-9)6(4-9)7(10)11/h5-6H,2-4H2,1H3,(H,10,11)/t5?,6-,9?/m0/s1. The maximum absolute atomic E-state index is 11.3. The zero-order chi connectivity index (χ0) is 9.64. The predicted octanol–water partition coefficient (Wildman–Crippen LogP) is 0.660. The van der Waals surface area contributed by atoms with Gasteiger partial charge in [0.2, 0.25) is 0 Å². The lowest BCUT2D eigenvalue weighted by molar-refractivity contribution is -0.157. The molecular weight excluding hydrogens is 172 g/mol. The number of carbonyl (C=O) groups excluding carboxylic acids is 1. The highest BCUT2D eigenvalue weighted by atomic mass is 16.5. The van der Waals surface area contributed by atoms with E-state index in [1.807, 2.05) is 0 Å². The quantitative estimate of drug-likeness (QED) is 0.640. The van der Waals surface area contributed by atoms with Gasteiger partial charge in [-0.05, 0) is 25.2 Å². The minimum absolute atomic E-state index is 0.205. The van der Waals surface area contributed by atoms with Crippen molar-refractivity contribution in [1.82, 2.24) is 0 Å². The van der Waals surface area contributed by atoms with Crippen LogP contribution in [0.5, 0.6) is 0 Å². The van der Waals surface area contributed by atoms with Crippen LogP contribution in [-0.2, 0) is 14.3 Å². The number of hydrogen-bond donors (Lipinski definition) is 1. The Morgan fingerprint density at radius 2 is 2.00 bits per heavy atom. The molecule has 0 unspecified atom stereocenters. The Kier molecular flexibility index (Phi) is 1.62. The molecule has 4 nitrogen and oxygen atoms in total. The number of fused-ring (bicyclic) bond motifs is 1. The Balaban J connectivity index is 2.11. The fourth-order valence-corrected chi connectivity index (χ4v) is 2.74. The summed E-state index contributed by atoms with van der Waals surface area (Å²) >= 11 is 0. The van der Waals surface area contributed by atoms with Gasteiger partial charge >= 0.3 is 11.9 Å². The molecule has 1 N–H and O–H groups in total. The molecule has 3 rings (SSSR count). The normalized spacial score (nSPS) is 41.0. The topological polar surface area (TPSA) is 63.6 Å². The zero-order valence-electron chi connectivity index (χ0n) is 7.45. The lowest BCUT2D eigenvalue weighted by atomic mass is 9.69. The number of esters is 1. The van der Waals surface area contributed by atoms with Crippen molar-refractivity contribution in [2.75, 3.05) is 7.11 Å². The third kappa shape index (κ3) is 0.975. The van der Waals surface area contributed by atoms with Crippen LogP contribution < -0.4 is 0 Å². The van der Waals surface area contributed by atoms with Crippen molar-refractivity contribution in [3.05, 3.63) is 0 Å². The van der Waals surface area contributed by atoms with E-state index in [4.69, 9.17) is 5.11 Å². The lowest BCUT2D eigenvalue weighted by Crippen LogP contribution is -2.37. The van der Waals surface area contributed by atoms with Gasteiger partial charge in [0.15, 0.2) is 0 Å². The van der Waals surface area contributed by atoms with Crippen LogP contribution >= 0.6 is 0 Å². The Hall–Kier alpha value is -1.06. The smallest absolute Gasteiger partial charge is 0.311 e. The predicted molar refractivity (Wildman–Crippen MR) is 42.9 cm³/mol. The van der Waals surface area contributed by atoms with Gasteiger partial charge in [0, 0.05) is 0 Å². The fourth-order valence-electron chi connectivity index (χ4n) is 2.74. The van der Waals surface area contributed by atoms with Crippen molar-refractivity contribution in [1.29, 1.82) is 0 Å². The van der Waals surface area contributed by atoms with Crippen molar-refractivity contribution < 1.29 is 19.4 Å². The number of hydrogen-bond acceptors (Lipinski definition) is 3. The van der Waals surface area contributed by atoms with E-state index in [-0.39, 0.29) is 17.8 Å². The van der Waals surface area contributed by atoms with Gasteiger partial charge in [-0.15, -0.1) is 0 Å². The van der Waals surface area contributed by atoms with Gasteiger partial charge in [-0.2, -0.15) is 0 Å². The highest BCUT2D eigenvalue weighted by molar-refractivity contribution is 5.82. The SMILES string of the molecule is COC(=O)C12CC(C1)[C@@H](C(=O)O)C2. The molecular formula is C9H12O4. The highest BCUT2D eigenvalue weighted by Gasteiger charge is 2.62. The van der Waals surface area contributed by atoms with E-state index >= 15 is 0 Å². The van der Waals surface area contributed by atoms with Crippen LogP contribution in [0.1, 0.15) is 19.3 Å². The molecule has 4 heteroatoms. The van der Waals surface area contributed by atoms with Crippen LogP contribution in [0.25, 0.3) is 0 Å². The van der Waals surface area contributed by atoms with Gasteiger partial charge in [-0.25, -0.2) is 0 Å². The molecule has 1 atom stereocenters. The number of carboxylic acid groups (broad SMARTS) is 1. The number of carbonyl (C=O) groups is 2. The lowest BCUT2D eigenvalue weighted by Gasteiger charge is -2.35. The maximum Gasteiger partial charge on any atom is 0.311 e. The fraction of sp³-hybridized carbons (Fsp3) is 0.778. The molecule has 3 fully saturated rings. The van der Waals surface area contributed by atoms with Crippen molar-refractivity contribution in [2.24, 2.45) is 17.3 Å². The van der Waals surface area contributed by atoms with Crippen LogP contribution in [0.2, 0.25) is 0 Å². The number of carboxylic acids is 1. The molecule has 0 aromatic carbocycles. The molecule has 13 heavy (non-hydrogen) atoms. The summed E-state index contributed by atoms with van der Waals surface area (Å²) in [5.41, 5.74) is -0.442. The number of rotatable bonds is 2. The average molecular weight is 184 g/mol. The second-order valence-electron chi connectivity index (χ2n) is 4.09. The molecule has 0 aromatic heterocycles. The summed E-state index contributed by atoms with van der Waals surface area (Å²) in [6.07, 6.45) is 1.88. The van der Waals surface area contributed by atoms with Crippen LogP contribution in [0, 0.1) is 17.3 Å². The monoisotopic (exact) mass is 184 g/mol. The molecule has 72 valence electrons. The van der Waals surface area contributed by atoms with Gasteiger partial charge in [0.1, 0.15) is 0 Å². The summed E-state index contributed by atoms with van der Waals surface area (Å²) in [6.45, 7) is 0. The van der Waals surface area contributed by atoms with E-state index in [2.05, 4.69) is 4.74 Å². The van der Waals surface area contributed by atoms with Crippen molar-refractivity contribution in [3.63, 3.8) is 0 Å². The third-order valence-electron chi connectivity index (χ3n) is 3.42. The van der Waals surface area contributed by atoms with Crippen LogP contribution in [0.15, 0.2) is 0 Å². The summed E-state index contributed by atoms with van der Waals surface area (Å²) in [5.74, 6) is -1.11. The average Bonchev–Trinajstić information content (AvgIpc) is 2.56. The third-order valence-corrected chi connectivity index (χ3v) is 3.42. The highest BCUT2D eigenvalue weighted by Crippen LogP contribution is 2.62. The first-order valence-electron chi connectivity index (χ1n) is 4.40. The molecule has 0 aromatic rings. The van der Waals surface area contributed by atoms with E-state index in [0.717, 1.165) is 0 Å². The largest absolute Gasteiger partial charge is 0.481 e. The first-order valence-corrected chi connectivity index (χ1v) is 4.40. The summed E-state index contributed by atoms with van der Waals surface area (Å²) in [7, 11) is 1.36. The van der Waals surface area contributed by atoms with Crippen LogP contribution in [0.3, 0.4) is 0 Å². The van der Waals surface area contributed by atoms with E-state index in [1.165, 1.54) is 7.11 Å². The zero-order valence-corrected chi connectivity index (χ0v) is 7.45. The van der Waals surface area contributed by atoms with Crippen molar-refractivity contribution in [2.45, 2.75) is 19.3 Å². The van der Waals surface area contributed by atoms with E-state index < -0.39 is 11.4 Å². The van der Waals surface area contributed by atoms with Crippen molar-refractivity contribution in [3.8, 4) is 0 Å². The molecule has 0 radical (unpaired) electrons. The van der Waals surface area contributed by atoms with E-state index in [9.17, 15) is 9.59 Å². The number of aliphatic carboxylic acids is 1. The van der Waals surface area contributed by atoms with Gasteiger partial charge in [-0.3, -0.25) is 9.59 Å². The molecule has 2 bridgehead atoms. The summed E-state index contributed by atoms with van der Waals surface area (Å²) in [6, 6.07) is 0. The summed E-state index contributed by atoms with van der Waals surface area (Å²) in [4.78, 5) is 22.1. The minimum atomic E-state index is -0.770. The molecule has 0 aliphatic heterocycles. The summed E-state index contributed by atoms with van der Waals surface area (Å²) < 4.78 is 4.67. The van der Waals surface area contributed by atoms with Gasteiger partial charge < -0.3 is 9.84 Å². The Bertz CT molecular complexity index is 265. The van der Waals surface area contributed by atoms with Crippen LogP contribution in [0.4, 0.5) is 0 Å². The molecule has 0 saturated heterocycles. The molecule has 0 amide bonds. The maximum atomic E-state index is 11.3. The molecule has 0 heterocycles.